The summed E-state index contributed by atoms with van der Waals surface area (Å²) in [6, 6.07) is 4.32. The minimum Gasteiger partial charge on any atom is -0.322 e. The van der Waals surface area contributed by atoms with Crippen LogP contribution < -0.4 is 5.73 Å². The van der Waals surface area contributed by atoms with E-state index < -0.39 is 0 Å². The summed E-state index contributed by atoms with van der Waals surface area (Å²) in [4.78, 5) is 0. The first-order valence-electron chi connectivity index (χ1n) is 5.12. The number of rotatable bonds is 3. The lowest BCUT2D eigenvalue weighted by Crippen LogP contribution is -2.14. The van der Waals surface area contributed by atoms with E-state index in [1.54, 1.807) is 24.0 Å². The summed E-state index contributed by atoms with van der Waals surface area (Å²) in [6.45, 7) is 0. The summed E-state index contributed by atoms with van der Waals surface area (Å²) in [6.07, 6.45) is 2.36. The Kier molecular flexibility index (Phi) is 3.54. The summed E-state index contributed by atoms with van der Waals surface area (Å²) in [7, 11) is 1.79. The van der Waals surface area contributed by atoms with Crippen molar-refractivity contribution in [3.05, 3.63) is 45.9 Å². The Bertz CT molecular complexity index is 526. The van der Waals surface area contributed by atoms with Gasteiger partial charge in [0.1, 0.15) is 5.82 Å². The van der Waals surface area contributed by atoms with Gasteiger partial charge in [0.25, 0.3) is 0 Å². The van der Waals surface area contributed by atoms with Crippen molar-refractivity contribution >= 4 is 15.9 Å². The average molecular weight is 299 g/mol. The maximum Gasteiger partial charge on any atom is 0.124 e. The topological polar surface area (TPSA) is 56.7 Å². The molecular formula is C11H12BrFN4. The Morgan fingerprint density at radius 2 is 2.29 bits per heavy atom. The molecule has 2 N–H and O–H groups in total. The first-order valence-corrected chi connectivity index (χ1v) is 5.91. The van der Waals surface area contributed by atoms with Gasteiger partial charge in [-0.05, 0) is 24.1 Å². The third-order valence-electron chi connectivity index (χ3n) is 2.46. The molecule has 17 heavy (non-hydrogen) atoms. The number of aryl methyl sites for hydroxylation is 1. The molecule has 2 rings (SSSR count). The van der Waals surface area contributed by atoms with Crippen LogP contribution in [0.1, 0.15) is 17.3 Å². The van der Waals surface area contributed by atoms with E-state index in [-0.39, 0.29) is 11.9 Å². The van der Waals surface area contributed by atoms with Crippen LogP contribution in [0.2, 0.25) is 0 Å². The molecule has 0 aliphatic heterocycles. The molecule has 1 unspecified atom stereocenters. The second-order valence-corrected chi connectivity index (χ2v) is 4.72. The molecule has 1 atom stereocenters. The molecule has 1 heterocycles. The molecule has 0 bridgehead atoms. The van der Waals surface area contributed by atoms with Gasteiger partial charge in [-0.2, -0.15) is 0 Å². The van der Waals surface area contributed by atoms with E-state index in [4.69, 9.17) is 5.73 Å². The van der Waals surface area contributed by atoms with Gasteiger partial charge >= 0.3 is 0 Å². The summed E-state index contributed by atoms with van der Waals surface area (Å²) in [5, 5.41) is 7.79. The van der Waals surface area contributed by atoms with Crippen molar-refractivity contribution in [2.24, 2.45) is 12.8 Å². The van der Waals surface area contributed by atoms with Crippen LogP contribution in [0.5, 0.6) is 0 Å². The molecule has 4 nitrogen and oxygen atoms in total. The quantitative estimate of drug-likeness (QED) is 0.942. The van der Waals surface area contributed by atoms with Gasteiger partial charge < -0.3 is 5.73 Å². The van der Waals surface area contributed by atoms with E-state index in [1.807, 2.05) is 0 Å². The molecule has 0 saturated carbocycles. The number of nitrogens with zero attached hydrogens (tertiary/aromatic N) is 3. The Labute approximate surface area is 107 Å². The van der Waals surface area contributed by atoms with Crippen molar-refractivity contribution in [3.8, 4) is 0 Å². The summed E-state index contributed by atoms with van der Waals surface area (Å²) in [5.41, 5.74) is 7.69. The van der Waals surface area contributed by atoms with Gasteiger partial charge in [0.05, 0.1) is 11.7 Å². The number of benzene rings is 1. The molecule has 1 aromatic heterocycles. The molecule has 0 saturated heterocycles. The van der Waals surface area contributed by atoms with Crippen LogP contribution in [-0.4, -0.2) is 15.0 Å². The normalized spacial score (nSPS) is 12.7. The molecule has 0 aliphatic carbocycles. The third-order valence-corrected chi connectivity index (χ3v) is 3.19. The fourth-order valence-electron chi connectivity index (χ4n) is 1.56. The van der Waals surface area contributed by atoms with Crippen molar-refractivity contribution in [2.75, 3.05) is 0 Å². The predicted octanol–water partition coefficient (Wildman–Crippen LogP) is 1.96. The highest BCUT2D eigenvalue weighted by molar-refractivity contribution is 9.10. The molecule has 2 aromatic rings. The summed E-state index contributed by atoms with van der Waals surface area (Å²) in [5.74, 6) is -0.270. The zero-order valence-electron chi connectivity index (χ0n) is 9.27. The van der Waals surface area contributed by atoms with E-state index in [1.165, 1.54) is 12.1 Å². The van der Waals surface area contributed by atoms with Gasteiger partial charge in [0.2, 0.25) is 0 Å². The zero-order valence-corrected chi connectivity index (χ0v) is 10.9. The van der Waals surface area contributed by atoms with Gasteiger partial charge in [0.15, 0.2) is 0 Å². The first-order chi connectivity index (χ1) is 8.06. The highest BCUT2D eigenvalue weighted by Gasteiger charge is 2.12. The van der Waals surface area contributed by atoms with Crippen LogP contribution >= 0.6 is 15.9 Å². The molecule has 0 spiro atoms. The fourth-order valence-corrected chi connectivity index (χ4v) is 2.08. The zero-order chi connectivity index (χ0) is 12.4. The second kappa shape index (κ2) is 4.93. The molecule has 0 radical (unpaired) electrons. The van der Waals surface area contributed by atoms with Gasteiger partial charge in [-0.15, -0.1) is 5.10 Å². The number of nitrogens with two attached hydrogens (primary N) is 1. The number of halogens is 2. The molecule has 90 valence electrons. The van der Waals surface area contributed by atoms with E-state index in [2.05, 4.69) is 26.2 Å². The van der Waals surface area contributed by atoms with Crippen molar-refractivity contribution in [1.82, 2.24) is 15.0 Å². The Morgan fingerprint density at radius 1 is 1.53 bits per heavy atom. The van der Waals surface area contributed by atoms with Crippen LogP contribution in [0, 0.1) is 5.82 Å². The number of hydrogen-bond donors (Lipinski definition) is 1. The van der Waals surface area contributed by atoms with Crippen LogP contribution in [0.15, 0.2) is 28.9 Å². The first kappa shape index (κ1) is 12.2. The highest BCUT2D eigenvalue weighted by Crippen LogP contribution is 2.22. The van der Waals surface area contributed by atoms with Gasteiger partial charge in [-0.3, -0.25) is 4.68 Å². The van der Waals surface area contributed by atoms with Crippen LogP contribution in [0.25, 0.3) is 0 Å². The lowest BCUT2D eigenvalue weighted by molar-refractivity contribution is 0.623. The van der Waals surface area contributed by atoms with Gasteiger partial charge in [0, 0.05) is 17.7 Å². The van der Waals surface area contributed by atoms with Gasteiger partial charge in [-0.1, -0.05) is 27.2 Å². The second-order valence-electron chi connectivity index (χ2n) is 3.86. The maximum absolute atomic E-state index is 12.9. The summed E-state index contributed by atoms with van der Waals surface area (Å²) < 4.78 is 15.2. The molecule has 1 aromatic carbocycles. The molecular weight excluding hydrogens is 287 g/mol. The van der Waals surface area contributed by atoms with Crippen molar-refractivity contribution in [2.45, 2.75) is 12.5 Å². The van der Waals surface area contributed by atoms with Crippen molar-refractivity contribution < 1.29 is 4.39 Å². The summed E-state index contributed by atoms with van der Waals surface area (Å²) >= 11 is 3.32. The Morgan fingerprint density at radius 3 is 2.88 bits per heavy atom. The Balaban J connectivity index is 2.15. The highest BCUT2D eigenvalue weighted by atomic mass is 79.9. The van der Waals surface area contributed by atoms with E-state index in [9.17, 15) is 4.39 Å². The number of hydrogen-bond acceptors (Lipinski definition) is 3. The van der Waals surface area contributed by atoms with Crippen LogP contribution in [-0.2, 0) is 13.5 Å². The third kappa shape index (κ3) is 2.89. The minimum absolute atomic E-state index is 0.245. The molecule has 0 amide bonds. The maximum atomic E-state index is 12.9. The van der Waals surface area contributed by atoms with E-state index in [0.29, 0.717) is 6.42 Å². The molecule has 6 heteroatoms. The van der Waals surface area contributed by atoms with E-state index in [0.717, 1.165) is 15.7 Å². The lowest BCUT2D eigenvalue weighted by atomic mass is 10.0. The average Bonchev–Trinajstić information content (AvgIpc) is 2.69. The fraction of sp³-hybridized carbons (Fsp3) is 0.273. The van der Waals surface area contributed by atoms with Crippen molar-refractivity contribution in [1.29, 1.82) is 0 Å². The van der Waals surface area contributed by atoms with Crippen LogP contribution in [0.3, 0.4) is 0 Å². The largest absolute Gasteiger partial charge is 0.322 e. The predicted molar refractivity (Wildman–Crippen MR) is 65.7 cm³/mol. The lowest BCUT2D eigenvalue weighted by Gasteiger charge is -2.09. The monoisotopic (exact) mass is 298 g/mol. The SMILES string of the molecule is Cn1cc(C(N)Cc2ccc(F)cc2Br)nn1. The smallest absolute Gasteiger partial charge is 0.124 e. The van der Waals surface area contributed by atoms with Crippen LogP contribution in [0.4, 0.5) is 4.39 Å². The number of aromatic nitrogens is 3. The minimum atomic E-state index is -0.270. The van der Waals surface area contributed by atoms with E-state index >= 15 is 0 Å². The van der Waals surface area contributed by atoms with Crippen molar-refractivity contribution in [3.63, 3.8) is 0 Å². The standard InChI is InChI=1S/C11H12BrFN4/c1-17-6-11(15-16-17)10(14)4-7-2-3-8(13)5-9(7)12/h2-3,5-6,10H,4,14H2,1H3. The molecule has 0 aliphatic rings. The Hall–Kier alpha value is -1.27. The van der Waals surface area contributed by atoms with Gasteiger partial charge in [-0.25, -0.2) is 4.39 Å². The molecule has 0 fully saturated rings.